The van der Waals surface area contributed by atoms with Gasteiger partial charge in [0.1, 0.15) is 37.2 Å². The number of ether oxygens (including phenoxy) is 1. The topological polar surface area (TPSA) is 309 Å². The van der Waals surface area contributed by atoms with E-state index in [4.69, 9.17) is 18.9 Å². The number of nitrogens with one attached hydrogen (secondary N) is 5. The van der Waals surface area contributed by atoms with Crippen molar-refractivity contribution in [1.29, 1.82) is 0 Å². The number of carboxylic acid groups (broad SMARTS) is 1. The number of hydrogen-bond donors (Lipinski definition) is 7. The molecular formula is C66H80FN10O13P. The molecule has 484 valence electrons. The number of aromatic carboxylic acids is 1. The van der Waals surface area contributed by atoms with Crippen LogP contribution in [0.2, 0.25) is 0 Å². The lowest BCUT2D eigenvalue weighted by Crippen LogP contribution is -2.47. The molecule has 1 aliphatic carbocycles. The molecule has 0 aromatic heterocycles. The van der Waals surface area contributed by atoms with Gasteiger partial charge in [0.2, 0.25) is 29.3 Å². The van der Waals surface area contributed by atoms with Crippen LogP contribution < -0.4 is 55.9 Å². The zero-order valence-corrected chi connectivity index (χ0v) is 53.1. The third kappa shape index (κ3) is 22.6. The highest BCUT2D eigenvalue weighted by Crippen LogP contribution is 2.43. The number of hydrogen-bond acceptors (Lipinski definition) is 15. The standard InChI is InChI=1S/C42H58FN8O10P.C24H22N2O3/c1-30(52)44-27-29-60-28-23-38(53)48-36(13-8-11-26-45-40(54)31-15-17-32(18-16-31)49-50-33-19-21-34(22-20-33)51(2)3)41(55)46-24-9-4-5-10-25-47-42(56)39(43)35-12-6-7-14-37(35)61-62(57,58)59;1-25(2)15-9-11-19-21(13-15)29-22-14-16(26(3)4)10-12-20(22)23(19)17-7-5-6-8-18(17)24(27)28/h6-7,12,14-22,36,39H,4-5,8-11,13,23-29H2,1-3H3,(H,44,52)(H,45,54)(H,46,55)(H,47,56)(H,48,53)(H2,57,58,59);5-14H,1-4H3. The van der Waals surface area contributed by atoms with Crippen molar-refractivity contribution in [2.75, 3.05) is 91.5 Å². The van der Waals surface area contributed by atoms with Gasteiger partial charge in [-0.1, -0.05) is 55.3 Å². The molecule has 0 saturated heterocycles. The zero-order valence-electron chi connectivity index (χ0n) is 52.2. The number of halogens is 1. The van der Waals surface area contributed by atoms with Gasteiger partial charge in [-0.3, -0.25) is 33.8 Å². The smallest absolute Gasteiger partial charge is 0.524 e. The Labute approximate surface area is 528 Å². The molecule has 5 aromatic carbocycles. The van der Waals surface area contributed by atoms with Crippen molar-refractivity contribution < 1.29 is 66.3 Å². The number of nitrogens with zero attached hydrogens (tertiary/aromatic N) is 5. The maximum Gasteiger partial charge on any atom is 0.524 e. The second kappa shape index (κ2) is 35.1. The first-order chi connectivity index (χ1) is 43.5. The fraction of sp³-hybridized carbons (Fsp3) is 0.348. The lowest BCUT2D eigenvalue weighted by Gasteiger charge is -2.19. The molecule has 0 radical (unpaired) electrons. The first kappa shape index (κ1) is 70.7. The Balaban J connectivity index is 0.000000373. The van der Waals surface area contributed by atoms with Gasteiger partial charge < -0.3 is 60.0 Å². The Morgan fingerprint density at radius 3 is 1.91 bits per heavy atom. The van der Waals surface area contributed by atoms with Crippen LogP contribution in [0.1, 0.15) is 90.7 Å². The summed E-state index contributed by atoms with van der Waals surface area (Å²) in [6.45, 7) is 2.87. The minimum Gasteiger partial charge on any atom is -0.545 e. The molecule has 1 heterocycles. The van der Waals surface area contributed by atoms with Crippen LogP contribution in [0, 0.1) is 0 Å². The van der Waals surface area contributed by atoms with Gasteiger partial charge >= 0.3 is 7.82 Å². The molecule has 2 atom stereocenters. The fourth-order valence-electron chi connectivity index (χ4n) is 9.37. The quantitative estimate of drug-likeness (QED) is 0.00719. The number of carbonyl (C=O) groups is 6. The summed E-state index contributed by atoms with van der Waals surface area (Å²) in [4.78, 5) is 96.0. The van der Waals surface area contributed by atoms with Gasteiger partial charge in [0, 0.05) is 124 Å². The molecule has 1 aliphatic heterocycles. The highest BCUT2D eigenvalue weighted by atomic mass is 31.2. The molecule has 7 N–H and O–H groups in total. The van der Waals surface area contributed by atoms with E-state index in [9.17, 15) is 42.8 Å². The maximum atomic E-state index is 14.8. The van der Waals surface area contributed by atoms with E-state index in [1.165, 1.54) is 25.1 Å². The summed E-state index contributed by atoms with van der Waals surface area (Å²) >= 11 is 0. The van der Waals surface area contributed by atoms with Gasteiger partial charge in [0.25, 0.3) is 11.8 Å². The third-order valence-corrected chi connectivity index (χ3v) is 14.6. The van der Waals surface area contributed by atoms with Crippen molar-refractivity contribution >= 4 is 77.0 Å². The fourth-order valence-corrected chi connectivity index (χ4v) is 9.79. The van der Waals surface area contributed by atoms with Crippen LogP contribution in [-0.4, -0.2) is 133 Å². The van der Waals surface area contributed by atoms with Crippen LogP contribution in [0.25, 0.3) is 33.4 Å². The zero-order chi connectivity index (χ0) is 66.0. The van der Waals surface area contributed by atoms with Crippen molar-refractivity contribution in [1.82, 2.24) is 31.2 Å². The summed E-state index contributed by atoms with van der Waals surface area (Å²) in [5.41, 5.74) is 6.66. The van der Waals surface area contributed by atoms with Crippen LogP contribution in [0.5, 0.6) is 5.75 Å². The van der Waals surface area contributed by atoms with E-state index < -0.39 is 37.7 Å². The van der Waals surface area contributed by atoms with E-state index in [1.807, 2.05) is 129 Å². The molecule has 7 rings (SSSR count). The molecule has 0 spiro atoms. The second-order valence-corrected chi connectivity index (χ2v) is 23.0. The SMILES string of the molecule is CC(=O)NCCOCCC(=O)NC(CCCCNC(=O)c1ccc(N=Nc2ccc(N(C)C)cc2)cc1)C(=O)NCCCCCCNC(=O)C(F)c1ccccc1OP(=O)(O)O.CN(C)c1ccc2c(-c3ccccc3C(=O)[O-])c3ccc(=[N+](C)C)cc-3oc2c1. The van der Waals surface area contributed by atoms with E-state index in [0.717, 1.165) is 39.3 Å². The Morgan fingerprint density at radius 1 is 0.670 bits per heavy atom. The number of carbonyl (C=O) groups excluding carboxylic acids is 6. The Hall–Kier alpha value is -9.35. The summed E-state index contributed by atoms with van der Waals surface area (Å²) in [5.74, 6) is -3.09. The summed E-state index contributed by atoms with van der Waals surface area (Å²) in [5, 5.41) is 35.7. The van der Waals surface area contributed by atoms with Crippen LogP contribution in [-0.2, 0) is 28.5 Å². The van der Waals surface area contributed by atoms with Gasteiger partial charge in [-0.05, 0) is 110 Å². The molecule has 5 amide bonds. The predicted octanol–water partition coefficient (Wildman–Crippen LogP) is 7.74. The molecule has 91 heavy (non-hydrogen) atoms. The van der Waals surface area contributed by atoms with Gasteiger partial charge in [-0.2, -0.15) is 10.2 Å². The number of phosphoric acid groups is 1. The van der Waals surface area contributed by atoms with E-state index in [0.29, 0.717) is 98.4 Å². The lowest BCUT2D eigenvalue weighted by molar-refractivity contribution is -0.255. The van der Waals surface area contributed by atoms with Crippen molar-refractivity contribution in [3.8, 4) is 28.2 Å². The Morgan fingerprint density at radius 2 is 1.27 bits per heavy atom. The van der Waals surface area contributed by atoms with E-state index in [2.05, 4.69) is 41.3 Å². The first-order valence-corrected chi connectivity index (χ1v) is 31.2. The normalized spacial score (nSPS) is 11.8. The van der Waals surface area contributed by atoms with Crippen molar-refractivity contribution in [2.24, 2.45) is 10.2 Å². The molecular weight excluding hydrogens is 1190 g/mol. The lowest BCUT2D eigenvalue weighted by atomic mass is 9.90. The number of para-hydroxylation sites is 1. The number of rotatable bonds is 31. The van der Waals surface area contributed by atoms with E-state index >= 15 is 0 Å². The predicted molar refractivity (Wildman–Crippen MR) is 345 cm³/mol. The van der Waals surface area contributed by atoms with Crippen LogP contribution in [0.4, 0.5) is 27.1 Å². The number of phosphoric ester groups is 1. The highest BCUT2D eigenvalue weighted by Gasteiger charge is 2.27. The van der Waals surface area contributed by atoms with Gasteiger partial charge in [-0.25, -0.2) is 13.5 Å². The molecule has 0 saturated carbocycles. The second-order valence-electron chi connectivity index (χ2n) is 21.8. The minimum absolute atomic E-state index is 0.0112. The summed E-state index contributed by atoms with van der Waals surface area (Å²) in [7, 11) is 6.84. The molecule has 0 fully saturated rings. The molecule has 5 aromatic rings. The van der Waals surface area contributed by atoms with Crippen molar-refractivity contribution in [2.45, 2.75) is 70.5 Å². The van der Waals surface area contributed by atoms with Gasteiger partial charge in [0.15, 0.2) is 0 Å². The average molecular weight is 1270 g/mol. The van der Waals surface area contributed by atoms with E-state index in [1.54, 1.807) is 36.4 Å². The summed E-state index contributed by atoms with van der Waals surface area (Å²) < 4.78 is 44.2. The Bertz CT molecular complexity index is 3720. The monoisotopic (exact) mass is 1270 g/mol. The first-order valence-electron chi connectivity index (χ1n) is 29.7. The summed E-state index contributed by atoms with van der Waals surface area (Å²) in [6.07, 6.45) is 1.64. The van der Waals surface area contributed by atoms with Gasteiger partial charge in [0.05, 0.1) is 36.6 Å². The number of azo groups is 1. The minimum atomic E-state index is -4.96. The van der Waals surface area contributed by atoms with E-state index in [-0.39, 0.29) is 60.9 Å². The number of unbranched alkanes of at least 4 members (excludes halogenated alkanes) is 4. The molecule has 0 bridgehead atoms. The molecule has 2 unspecified atom stereocenters. The van der Waals surface area contributed by atoms with Crippen molar-refractivity contribution in [3.63, 3.8) is 0 Å². The van der Waals surface area contributed by atoms with Crippen LogP contribution in [0.15, 0.2) is 148 Å². The van der Waals surface area contributed by atoms with Crippen LogP contribution in [0.3, 0.4) is 0 Å². The molecule has 25 heteroatoms. The number of benzene rings is 6. The average Bonchev–Trinajstić information content (AvgIpc) is 0.781. The summed E-state index contributed by atoms with van der Waals surface area (Å²) in [6, 6.07) is 37.6. The third-order valence-electron chi connectivity index (χ3n) is 14.2. The number of anilines is 2. The number of carboxylic acids is 1. The molecule has 23 nitrogen and oxygen atoms in total. The molecule has 2 aliphatic rings. The van der Waals surface area contributed by atoms with Gasteiger partial charge in [-0.15, -0.1) is 0 Å². The maximum absolute atomic E-state index is 14.8. The number of fused-ring (bicyclic) bond motifs is 2. The number of amides is 5. The highest BCUT2D eigenvalue weighted by molar-refractivity contribution is 7.46. The van der Waals surface area contributed by atoms with Crippen molar-refractivity contribution in [3.05, 3.63) is 156 Å². The Kier molecular flexibility index (Phi) is 27.3. The largest absolute Gasteiger partial charge is 0.545 e. The van der Waals surface area contributed by atoms with Crippen LogP contribution >= 0.6 is 7.82 Å². The number of alkyl halides is 1.